The number of fused-ring (bicyclic) bond motifs is 1. The lowest BCUT2D eigenvalue weighted by Crippen LogP contribution is -2.52. The second-order valence-corrected chi connectivity index (χ2v) is 8.39. The second kappa shape index (κ2) is 7.06. The van der Waals surface area contributed by atoms with Crippen molar-refractivity contribution < 1.29 is 14.3 Å². The number of nitriles is 1. The summed E-state index contributed by atoms with van der Waals surface area (Å²) >= 11 is 0. The number of methoxy groups -OCH3 is 1. The van der Waals surface area contributed by atoms with E-state index in [1.165, 1.54) is 6.20 Å². The Bertz CT molecular complexity index is 1160. The van der Waals surface area contributed by atoms with E-state index in [9.17, 15) is 10.1 Å². The fourth-order valence-corrected chi connectivity index (χ4v) is 3.63. The molecule has 1 amide bonds. The maximum absolute atomic E-state index is 12.2. The van der Waals surface area contributed by atoms with Gasteiger partial charge < -0.3 is 14.4 Å². The van der Waals surface area contributed by atoms with Crippen molar-refractivity contribution in [2.75, 3.05) is 20.2 Å². The van der Waals surface area contributed by atoms with Crippen LogP contribution in [0.2, 0.25) is 0 Å². The van der Waals surface area contributed by atoms with Crippen LogP contribution in [0.15, 0.2) is 24.7 Å². The molecule has 1 saturated heterocycles. The molecule has 156 valence electrons. The van der Waals surface area contributed by atoms with Crippen LogP contribution in [-0.2, 0) is 4.74 Å². The van der Waals surface area contributed by atoms with Crippen molar-refractivity contribution in [2.45, 2.75) is 39.3 Å². The average molecular weight is 408 g/mol. The summed E-state index contributed by atoms with van der Waals surface area (Å²) in [7, 11) is 1.57. The predicted octanol–water partition coefficient (Wildman–Crippen LogP) is 3.18. The molecule has 0 spiro atoms. The number of amides is 1. The smallest absolute Gasteiger partial charge is 0.410 e. The third-order valence-electron chi connectivity index (χ3n) is 5.13. The van der Waals surface area contributed by atoms with Gasteiger partial charge in [0.2, 0.25) is 0 Å². The van der Waals surface area contributed by atoms with Crippen molar-refractivity contribution in [3.8, 4) is 22.9 Å². The van der Waals surface area contributed by atoms with Gasteiger partial charge in [0.15, 0.2) is 0 Å². The molecule has 0 unspecified atom stereocenters. The molecule has 0 bridgehead atoms. The lowest BCUT2D eigenvalue weighted by Gasteiger charge is -2.40. The van der Waals surface area contributed by atoms with Crippen LogP contribution in [0.5, 0.6) is 5.75 Å². The Balaban J connectivity index is 1.58. The molecule has 9 nitrogen and oxygen atoms in total. The molecule has 4 rings (SSSR count). The first-order valence-corrected chi connectivity index (χ1v) is 9.69. The lowest BCUT2D eigenvalue weighted by molar-refractivity contribution is -0.000651. The van der Waals surface area contributed by atoms with Crippen molar-refractivity contribution in [1.29, 1.82) is 5.26 Å². The Kier molecular flexibility index (Phi) is 4.65. The summed E-state index contributed by atoms with van der Waals surface area (Å²) in [4.78, 5) is 13.9. The molecular formula is C21H24N6O3. The minimum atomic E-state index is -0.507. The average Bonchev–Trinajstić information content (AvgIpc) is 3.22. The van der Waals surface area contributed by atoms with Gasteiger partial charge in [-0.15, -0.1) is 0 Å². The van der Waals surface area contributed by atoms with Gasteiger partial charge in [0, 0.05) is 36.1 Å². The molecule has 9 heteroatoms. The summed E-state index contributed by atoms with van der Waals surface area (Å²) in [6.45, 7) is 8.69. The van der Waals surface area contributed by atoms with E-state index in [2.05, 4.69) is 16.3 Å². The quantitative estimate of drug-likeness (QED) is 0.660. The first kappa shape index (κ1) is 19.8. The summed E-state index contributed by atoms with van der Waals surface area (Å²) in [5.74, 6) is 0.577. The van der Waals surface area contributed by atoms with E-state index >= 15 is 0 Å². The van der Waals surface area contributed by atoms with E-state index in [0.29, 0.717) is 29.9 Å². The third kappa shape index (κ3) is 3.34. The van der Waals surface area contributed by atoms with Gasteiger partial charge in [0.25, 0.3) is 0 Å². The number of rotatable bonds is 3. The molecule has 0 N–H and O–H groups in total. The van der Waals surface area contributed by atoms with Crippen molar-refractivity contribution in [2.24, 2.45) is 0 Å². The summed E-state index contributed by atoms with van der Waals surface area (Å²) in [6.07, 6.45) is 4.89. The zero-order chi connectivity index (χ0) is 21.6. The molecule has 0 atom stereocenters. The molecule has 30 heavy (non-hydrogen) atoms. The van der Waals surface area contributed by atoms with Gasteiger partial charge in [0.05, 0.1) is 25.5 Å². The number of pyridine rings is 1. The van der Waals surface area contributed by atoms with Gasteiger partial charge in [-0.05, 0) is 33.8 Å². The van der Waals surface area contributed by atoms with Crippen LogP contribution in [0.4, 0.5) is 4.79 Å². The SMILES string of the molecule is COc1cc(-c2cnn(C3CN(C(=O)OC(C)(C)C)C3)c2C)cn2ncc(C#N)c12. The molecule has 0 aromatic carbocycles. The minimum absolute atomic E-state index is 0.104. The number of hydrogen-bond donors (Lipinski definition) is 0. The van der Waals surface area contributed by atoms with E-state index in [1.54, 1.807) is 22.7 Å². The van der Waals surface area contributed by atoms with Crippen molar-refractivity contribution in [3.63, 3.8) is 0 Å². The Morgan fingerprint density at radius 1 is 1.27 bits per heavy atom. The van der Waals surface area contributed by atoms with Gasteiger partial charge in [-0.2, -0.15) is 15.5 Å². The number of aromatic nitrogens is 4. The van der Waals surface area contributed by atoms with Gasteiger partial charge in [-0.3, -0.25) is 4.68 Å². The largest absolute Gasteiger partial charge is 0.494 e. The van der Waals surface area contributed by atoms with Crippen LogP contribution < -0.4 is 4.74 Å². The van der Waals surface area contributed by atoms with E-state index in [-0.39, 0.29) is 12.1 Å². The minimum Gasteiger partial charge on any atom is -0.494 e. The molecule has 0 aliphatic carbocycles. The maximum Gasteiger partial charge on any atom is 0.410 e. The van der Waals surface area contributed by atoms with Crippen LogP contribution in [0, 0.1) is 18.3 Å². The normalized spacial score (nSPS) is 14.5. The monoisotopic (exact) mass is 408 g/mol. The van der Waals surface area contributed by atoms with Crippen LogP contribution in [0.1, 0.15) is 38.1 Å². The summed E-state index contributed by atoms with van der Waals surface area (Å²) in [5, 5.41) is 18.1. The molecule has 1 aliphatic heterocycles. The van der Waals surface area contributed by atoms with E-state index in [4.69, 9.17) is 9.47 Å². The zero-order valence-corrected chi connectivity index (χ0v) is 17.7. The van der Waals surface area contributed by atoms with E-state index < -0.39 is 5.60 Å². The fourth-order valence-electron chi connectivity index (χ4n) is 3.63. The van der Waals surface area contributed by atoms with Crippen LogP contribution in [0.3, 0.4) is 0 Å². The fraction of sp³-hybridized carbons (Fsp3) is 0.429. The Morgan fingerprint density at radius 3 is 2.63 bits per heavy atom. The summed E-state index contributed by atoms with van der Waals surface area (Å²) < 4.78 is 14.5. The molecule has 1 fully saturated rings. The molecule has 1 aliphatic rings. The van der Waals surface area contributed by atoms with Gasteiger partial charge >= 0.3 is 6.09 Å². The Hall–Kier alpha value is -3.54. The highest BCUT2D eigenvalue weighted by Crippen LogP contribution is 2.33. The highest BCUT2D eigenvalue weighted by molar-refractivity contribution is 5.76. The number of carbonyl (C=O) groups excluding carboxylic acids is 1. The van der Waals surface area contributed by atoms with Gasteiger partial charge in [-0.25, -0.2) is 9.31 Å². The number of likely N-dealkylation sites (tertiary alicyclic amines) is 1. The molecule has 4 heterocycles. The lowest BCUT2D eigenvalue weighted by atomic mass is 10.1. The summed E-state index contributed by atoms with van der Waals surface area (Å²) in [5.41, 5.74) is 3.41. The summed E-state index contributed by atoms with van der Waals surface area (Å²) in [6, 6.07) is 4.13. The van der Waals surface area contributed by atoms with Crippen molar-refractivity contribution in [3.05, 3.63) is 35.9 Å². The first-order chi connectivity index (χ1) is 14.2. The van der Waals surface area contributed by atoms with Crippen LogP contribution >= 0.6 is 0 Å². The Labute approximate surface area is 174 Å². The first-order valence-electron chi connectivity index (χ1n) is 9.69. The van der Waals surface area contributed by atoms with E-state index in [0.717, 1.165) is 16.8 Å². The molecule has 3 aromatic rings. The maximum atomic E-state index is 12.2. The molecule has 0 saturated carbocycles. The third-order valence-corrected chi connectivity index (χ3v) is 5.13. The Morgan fingerprint density at radius 2 is 2.00 bits per heavy atom. The van der Waals surface area contributed by atoms with Crippen molar-refractivity contribution >= 4 is 11.6 Å². The van der Waals surface area contributed by atoms with Crippen molar-refractivity contribution in [1.82, 2.24) is 24.3 Å². The number of ether oxygens (including phenoxy) is 2. The number of hydrogen-bond acceptors (Lipinski definition) is 6. The number of nitrogens with zero attached hydrogens (tertiary/aromatic N) is 6. The van der Waals surface area contributed by atoms with E-state index in [1.807, 2.05) is 44.6 Å². The standard InChI is InChI=1S/C21H24N6O3/c1-13-17(14-6-18(29-5)19-15(7-22)8-23-26(19)10-14)9-24-27(13)16-11-25(12-16)20(28)30-21(2,3)4/h6,8-10,16H,11-12H2,1-5H3. The highest BCUT2D eigenvalue weighted by Gasteiger charge is 2.36. The predicted molar refractivity (Wildman–Crippen MR) is 109 cm³/mol. The topological polar surface area (TPSA) is 97.7 Å². The van der Waals surface area contributed by atoms with Gasteiger partial charge in [-0.1, -0.05) is 0 Å². The molecule has 3 aromatic heterocycles. The zero-order valence-electron chi connectivity index (χ0n) is 17.7. The molecule has 0 radical (unpaired) electrons. The van der Waals surface area contributed by atoms with Crippen LogP contribution in [-0.4, -0.2) is 56.2 Å². The van der Waals surface area contributed by atoms with Gasteiger partial charge in [0.1, 0.15) is 28.5 Å². The van der Waals surface area contributed by atoms with Crippen LogP contribution in [0.25, 0.3) is 16.6 Å². The highest BCUT2D eigenvalue weighted by atomic mass is 16.6. The molecular weight excluding hydrogens is 384 g/mol. The second-order valence-electron chi connectivity index (χ2n) is 8.39. The number of carbonyl (C=O) groups is 1.